The van der Waals surface area contributed by atoms with Crippen molar-refractivity contribution < 1.29 is 13.2 Å². The van der Waals surface area contributed by atoms with Gasteiger partial charge >= 0.3 is 0 Å². The third-order valence-corrected chi connectivity index (χ3v) is 6.78. The van der Waals surface area contributed by atoms with Gasteiger partial charge in [-0.1, -0.05) is 20.8 Å². The monoisotopic (exact) mass is 342 g/mol. The van der Waals surface area contributed by atoms with E-state index in [0.29, 0.717) is 6.42 Å². The zero-order valence-electron chi connectivity index (χ0n) is 13.3. The second-order valence-electron chi connectivity index (χ2n) is 7.04. The van der Waals surface area contributed by atoms with E-state index in [2.05, 4.69) is 31.1 Å². The molecular weight excluding hydrogens is 320 g/mol. The molecule has 1 amide bonds. The molecule has 1 aliphatic heterocycles. The predicted molar refractivity (Wildman–Crippen MR) is 89.7 cm³/mol. The van der Waals surface area contributed by atoms with Crippen molar-refractivity contribution in [2.45, 2.75) is 45.1 Å². The quantitative estimate of drug-likeness (QED) is 0.854. The van der Waals surface area contributed by atoms with Gasteiger partial charge in [-0.05, 0) is 19.4 Å². The minimum absolute atomic E-state index is 0.00824. The number of sulfone groups is 1. The molecule has 0 unspecified atom stereocenters. The van der Waals surface area contributed by atoms with Crippen LogP contribution in [0.3, 0.4) is 0 Å². The Kier molecular flexibility index (Phi) is 4.50. The molecule has 0 spiro atoms. The molecule has 22 heavy (non-hydrogen) atoms. The Morgan fingerprint density at radius 3 is 2.64 bits per heavy atom. The van der Waals surface area contributed by atoms with Crippen molar-refractivity contribution in [1.82, 2.24) is 10.3 Å². The Bertz CT molecular complexity index is 699. The number of aromatic nitrogens is 1. The molecule has 2 heterocycles. The fraction of sp³-hybridized carbons (Fsp3) is 0.600. The van der Waals surface area contributed by atoms with E-state index in [1.165, 1.54) is 6.08 Å². The Hall–Kier alpha value is -1.21. The zero-order chi connectivity index (χ0) is 16.6. The SMILES string of the molecule is CC(C)(C)c1ncc(/C=C\C(=O)N[C@]2(C)CCS(=O)(=O)C2)s1. The fourth-order valence-electron chi connectivity index (χ4n) is 2.32. The standard InChI is InChI=1S/C15H22N2O3S2/c1-14(2,3)13-16-9-11(21-13)5-6-12(18)17-15(4)7-8-22(19,20)10-15/h5-6,9H,7-8,10H2,1-4H3,(H,17,18)/b6-5-/t15-/m1/s1. The Morgan fingerprint density at radius 1 is 1.45 bits per heavy atom. The highest BCUT2D eigenvalue weighted by Gasteiger charge is 2.39. The van der Waals surface area contributed by atoms with Gasteiger partial charge in [0.05, 0.1) is 22.1 Å². The average Bonchev–Trinajstić information content (AvgIpc) is 2.91. The number of thiazole rings is 1. The van der Waals surface area contributed by atoms with E-state index in [1.807, 2.05) is 0 Å². The summed E-state index contributed by atoms with van der Waals surface area (Å²) in [6, 6.07) is 0. The summed E-state index contributed by atoms with van der Waals surface area (Å²) in [6.45, 7) is 8.04. The maximum Gasteiger partial charge on any atom is 0.244 e. The smallest absolute Gasteiger partial charge is 0.244 e. The summed E-state index contributed by atoms with van der Waals surface area (Å²) < 4.78 is 23.1. The van der Waals surface area contributed by atoms with Crippen molar-refractivity contribution in [1.29, 1.82) is 0 Å². The van der Waals surface area contributed by atoms with Gasteiger partial charge in [0.15, 0.2) is 9.84 Å². The summed E-state index contributed by atoms with van der Waals surface area (Å²) in [5, 5.41) is 3.81. The zero-order valence-corrected chi connectivity index (χ0v) is 15.0. The van der Waals surface area contributed by atoms with Gasteiger partial charge < -0.3 is 5.32 Å². The van der Waals surface area contributed by atoms with Gasteiger partial charge in [0.25, 0.3) is 0 Å². The van der Waals surface area contributed by atoms with Crippen LogP contribution in [0, 0.1) is 0 Å². The van der Waals surface area contributed by atoms with E-state index < -0.39 is 15.4 Å². The van der Waals surface area contributed by atoms with Crippen molar-refractivity contribution in [2.75, 3.05) is 11.5 Å². The lowest BCUT2D eigenvalue weighted by molar-refractivity contribution is -0.117. The van der Waals surface area contributed by atoms with Crippen LogP contribution in [0.15, 0.2) is 12.3 Å². The van der Waals surface area contributed by atoms with Gasteiger partial charge in [0, 0.05) is 22.6 Å². The molecule has 7 heteroatoms. The molecule has 2 rings (SSSR count). The number of hydrogen-bond acceptors (Lipinski definition) is 5. The number of nitrogens with one attached hydrogen (secondary N) is 1. The Morgan fingerprint density at radius 2 is 2.14 bits per heavy atom. The average molecular weight is 342 g/mol. The first-order chi connectivity index (χ1) is 9.99. The molecule has 1 aromatic rings. The minimum atomic E-state index is -3.03. The number of carbonyl (C=O) groups excluding carboxylic acids is 1. The van der Waals surface area contributed by atoms with E-state index in [-0.39, 0.29) is 22.8 Å². The van der Waals surface area contributed by atoms with Crippen LogP contribution >= 0.6 is 11.3 Å². The number of carbonyl (C=O) groups is 1. The molecule has 1 aliphatic rings. The van der Waals surface area contributed by atoms with Gasteiger partial charge in [-0.25, -0.2) is 13.4 Å². The molecule has 122 valence electrons. The van der Waals surface area contributed by atoms with Crippen LogP contribution in [0.2, 0.25) is 0 Å². The molecule has 1 fully saturated rings. The maximum absolute atomic E-state index is 12.0. The molecule has 1 atom stereocenters. The highest BCUT2D eigenvalue weighted by molar-refractivity contribution is 7.91. The van der Waals surface area contributed by atoms with Gasteiger partial charge in [0.1, 0.15) is 0 Å². The number of amides is 1. The van der Waals surface area contributed by atoms with Crippen LogP contribution in [0.25, 0.3) is 6.08 Å². The lowest BCUT2D eigenvalue weighted by Crippen LogP contribution is -2.46. The molecule has 1 saturated heterocycles. The van der Waals surface area contributed by atoms with Crippen LogP contribution in [0.5, 0.6) is 0 Å². The van der Waals surface area contributed by atoms with Crippen molar-refractivity contribution in [3.63, 3.8) is 0 Å². The summed E-state index contributed by atoms with van der Waals surface area (Å²) in [4.78, 5) is 17.2. The van der Waals surface area contributed by atoms with Crippen molar-refractivity contribution >= 4 is 33.2 Å². The fourth-order valence-corrected chi connectivity index (χ4v) is 5.29. The first-order valence-electron chi connectivity index (χ1n) is 7.16. The first-order valence-corrected chi connectivity index (χ1v) is 9.80. The molecule has 1 aromatic heterocycles. The third kappa shape index (κ3) is 4.39. The van der Waals surface area contributed by atoms with Crippen LogP contribution < -0.4 is 5.32 Å². The van der Waals surface area contributed by atoms with E-state index >= 15 is 0 Å². The van der Waals surface area contributed by atoms with Crippen molar-refractivity contribution in [3.8, 4) is 0 Å². The molecule has 0 saturated carbocycles. The summed E-state index contributed by atoms with van der Waals surface area (Å²) >= 11 is 1.55. The second kappa shape index (κ2) is 5.77. The second-order valence-corrected chi connectivity index (χ2v) is 10.3. The van der Waals surface area contributed by atoms with Crippen LogP contribution in [-0.4, -0.2) is 36.4 Å². The Balaban J connectivity index is 1.99. The highest BCUT2D eigenvalue weighted by Crippen LogP contribution is 2.27. The van der Waals surface area contributed by atoms with Crippen molar-refractivity contribution in [3.05, 3.63) is 22.2 Å². The predicted octanol–water partition coefficient (Wildman–Crippen LogP) is 2.15. The molecular formula is C15H22N2O3S2. The van der Waals surface area contributed by atoms with Gasteiger partial charge in [-0.15, -0.1) is 11.3 Å². The summed E-state index contributed by atoms with van der Waals surface area (Å²) in [7, 11) is -3.03. The summed E-state index contributed by atoms with van der Waals surface area (Å²) in [5.41, 5.74) is -0.671. The Labute approximate surface area is 135 Å². The number of rotatable bonds is 3. The number of hydrogen-bond donors (Lipinski definition) is 1. The van der Waals surface area contributed by atoms with Gasteiger partial charge in [-0.3, -0.25) is 4.79 Å². The minimum Gasteiger partial charge on any atom is -0.346 e. The first kappa shape index (κ1) is 17.1. The van der Waals surface area contributed by atoms with Gasteiger partial charge in [0.2, 0.25) is 5.91 Å². The maximum atomic E-state index is 12.0. The van der Waals surface area contributed by atoms with Crippen LogP contribution in [0.4, 0.5) is 0 Å². The third-order valence-electron chi connectivity index (χ3n) is 3.49. The van der Waals surface area contributed by atoms with Crippen LogP contribution in [-0.2, 0) is 20.0 Å². The molecule has 0 aliphatic carbocycles. The highest BCUT2D eigenvalue weighted by atomic mass is 32.2. The van der Waals surface area contributed by atoms with E-state index in [0.717, 1.165) is 9.88 Å². The van der Waals surface area contributed by atoms with Crippen molar-refractivity contribution in [2.24, 2.45) is 0 Å². The van der Waals surface area contributed by atoms with Crippen LogP contribution in [0.1, 0.15) is 44.0 Å². The van der Waals surface area contributed by atoms with E-state index in [9.17, 15) is 13.2 Å². The van der Waals surface area contributed by atoms with E-state index in [4.69, 9.17) is 0 Å². The molecule has 0 aromatic carbocycles. The topological polar surface area (TPSA) is 76.1 Å². The molecule has 5 nitrogen and oxygen atoms in total. The summed E-state index contributed by atoms with van der Waals surface area (Å²) in [5.74, 6) is -0.128. The van der Waals surface area contributed by atoms with E-state index in [1.54, 1.807) is 30.5 Å². The lowest BCUT2D eigenvalue weighted by atomic mass is 9.98. The molecule has 0 radical (unpaired) electrons. The van der Waals surface area contributed by atoms with Gasteiger partial charge in [-0.2, -0.15) is 0 Å². The summed E-state index contributed by atoms with van der Waals surface area (Å²) in [6.07, 6.45) is 5.37. The molecule has 1 N–H and O–H groups in total. The normalized spacial score (nSPS) is 24.7. The number of nitrogens with zero attached hydrogens (tertiary/aromatic N) is 1. The molecule has 0 bridgehead atoms. The lowest BCUT2D eigenvalue weighted by Gasteiger charge is -2.22. The largest absolute Gasteiger partial charge is 0.346 e.